The molecule has 1 aromatic rings. The number of hydrogen-bond acceptors (Lipinski definition) is 6. The van der Waals surface area contributed by atoms with E-state index in [1.807, 2.05) is 18.9 Å². The fourth-order valence-corrected chi connectivity index (χ4v) is 2.60. The highest BCUT2D eigenvalue weighted by Gasteiger charge is 2.29. The molecule has 0 saturated heterocycles. The van der Waals surface area contributed by atoms with Gasteiger partial charge in [-0.1, -0.05) is 12.8 Å². The monoisotopic (exact) mass is 266 g/mol. The van der Waals surface area contributed by atoms with Gasteiger partial charge in [0.15, 0.2) is 5.82 Å². The number of nitrogens with two attached hydrogens (primary N) is 1. The summed E-state index contributed by atoms with van der Waals surface area (Å²) in [5.41, 5.74) is 6.48. The van der Waals surface area contributed by atoms with Crippen molar-refractivity contribution in [3.05, 3.63) is 6.33 Å². The van der Waals surface area contributed by atoms with E-state index in [1.54, 1.807) is 0 Å². The van der Waals surface area contributed by atoms with Crippen LogP contribution in [0.4, 0.5) is 11.5 Å². The Bertz CT molecular complexity index is 427. The van der Waals surface area contributed by atoms with Crippen LogP contribution in [0.1, 0.15) is 32.6 Å². The number of rotatable bonds is 4. The molecule has 6 nitrogen and oxygen atoms in total. The molecule has 1 aromatic heterocycles. The Labute approximate surface area is 113 Å². The van der Waals surface area contributed by atoms with Crippen LogP contribution in [0.25, 0.3) is 0 Å². The zero-order valence-corrected chi connectivity index (χ0v) is 11.5. The first-order valence-electron chi connectivity index (χ1n) is 6.79. The molecule has 19 heavy (non-hydrogen) atoms. The van der Waals surface area contributed by atoms with Crippen LogP contribution >= 0.6 is 0 Å². The summed E-state index contributed by atoms with van der Waals surface area (Å²) in [6.07, 6.45) is 5.10. The number of hydrogen-bond donors (Lipinski definition) is 2. The maximum absolute atomic E-state index is 10.1. The number of nitrogens with zero attached hydrogens (tertiary/aromatic N) is 3. The molecule has 1 aliphatic rings. The molecule has 0 amide bonds. The number of anilines is 2. The highest BCUT2D eigenvalue weighted by Crippen LogP contribution is 2.32. The predicted molar refractivity (Wildman–Crippen MR) is 74.3 cm³/mol. The molecule has 1 aliphatic carbocycles. The van der Waals surface area contributed by atoms with Crippen LogP contribution in [0.15, 0.2) is 6.33 Å². The first-order valence-corrected chi connectivity index (χ1v) is 6.79. The molecule has 2 atom stereocenters. The van der Waals surface area contributed by atoms with Crippen molar-refractivity contribution in [2.24, 2.45) is 0 Å². The molecule has 6 heteroatoms. The molecule has 1 heterocycles. The van der Waals surface area contributed by atoms with E-state index in [0.717, 1.165) is 25.7 Å². The highest BCUT2D eigenvalue weighted by atomic mass is 16.5. The Balaban J connectivity index is 2.22. The molecular weight excluding hydrogens is 244 g/mol. The van der Waals surface area contributed by atoms with Gasteiger partial charge in [0.25, 0.3) is 0 Å². The highest BCUT2D eigenvalue weighted by molar-refractivity contribution is 5.67. The van der Waals surface area contributed by atoms with E-state index in [-0.39, 0.29) is 12.1 Å². The largest absolute Gasteiger partial charge is 0.476 e. The lowest BCUT2D eigenvalue weighted by Gasteiger charge is -2.36. The maximum Gasteiger partial charge on any atom is 0.242 e. The van der Waals surface area contributed by atoms with E-state index < -0.39 is 0 Å². The van der Waals surface area contributed by atoms with Gasteiger partial charge in [-0.05, 0) is 19.8 Å². The zero-order chi connectivity index (χ0) is 13.8. The zero-order valence-electron chi connectivity index (χ0n) is 11.5. The van der Waals surface area contributed by atoms with Gasteiger partial charge in [-0.2, -0.15) is 4.98 Å². The SMILES string of the molecule is CCOc1ncnc(N(C)C2CCCCC2O)c1N. The predicted octanol–water partition coefficient (Wildman–Crippen LogP) is 1.20. The third-order valence-electron chi connectivity index (χ3n) is 3.63. The van der Waals surface area contributed by atoms with E-state index in [0.29, 0.717) is 24.0 Å². The lowest BCUT2D eigenvalue weighted by Crippen LogP contribution is -2.44. The maximum atomic E-state index is 10.1. The molecule has 0 radical (unpaired) electrons. The summed E-state index contributed by atoms with van der Waals surface area (Å²) in [4.78, 5) is 10.2. The van der Waals surface area contributed by atoms with Crippen molar-refractivity contribution in [3.63, 3.8) is 0 Å². The van der Waals surface area contributed by atoms with Crippen molar-refractivity contribution >= 4 is 11.5 Å². The number of nitrogen functional groups attached to an aromatic ring is 1. The first kappa shape index (κ1) is 13.9. The Hall–Kier alpha value is -1.56. The van der Waals surface area contributed by atoms with Crippen LogP contribution in [0.2, 0.25) is 0 Å². The van der Waals surface area contributed by atoms with Crippen LogP contribution in [0, 0.1) is 0 Å². The summed E-state index contributed by atoms with van der Waals surface area (Å²) < 4.78 is 5.38. The van der Waals surface area contributed by atoms with Crippen LogP contribution in [0.5, 0.6) is 5.88 Å². The Morgan fingerprint density at radius 2 is 2.16 bits per heavy atom. The van der Waals surface area contributed by atoms with Gasteiger partial charge < -0.3 is 20.5 Å². The van der Waals surface area contributed by atoms with E-state index in [1.165, 1.54) is 6.33 Å². The number of likely N-dealkylation sites (N-methyl/N-ethyl adjacent to an activating group) is 1. The summed E-state index contributed by atoms with van der Waals surface area (Å²) in [7, 11) is 1.91. The average molecular weight is 266 g/mol. The molecule has 0 aromatic carbocycles. The van der Waals surface area contributed by atoms with Gasteiger partial charge in [0.2, 0.25) is 5.88 Å². The minimum Gasteiger partial charge on any atom is -0.476 e. The van der Waals surface area contributed by atoms with E-state index >= 15 is 0 Å². The van der Waals surface area contributed by atoms with E-state index in [4.69, 9.17) is 10.5 Å². The molecule has 0 bridgehead atoms. The van der Waals surface area contributed by atoms with Gasteiger partial charge in [-0.3, -0.25) is 0 Å². The lowest BCUT2D eigenvalue weighted by atomic mass is 9.91. The molecule has 1 saturated carbocycles. The normalized spacial score (nSPS) is 23.1. The Kier molecular flexibility index (Phi) is 4.42. The summed E-state index contributed by atoms with van der Waals surface area (Å²) in [6.45, 7) is 2.40. The molecule has 2 rings (SSSR count). The lowest BCUT2D eigenvalue weighted by molar-refractivity contribution is 0.106. The van der Waals surface area contributed by atoms with Crippen molar-refractivity contribution in [2.75, 3.05) is 24.3 Å². The topological polar surface area (TPSA) is 84.5 Å². The third kappa shape index (κ3) is 2.89. The van der Waals surface area contributed by atoms with E-state index in [2.05, 4.69) is 9.97 Å². The van der Waals surface area contributed by atoms with Gasteiger partial charge in [0, 0.05) is 7.05 Å². The molecule has 3 N–H and O–H groups in total. The van der Waals surface area contributed by atoms with Crippen LogP contribution in [-0.4, -0.2) is 40.9 Å². The second-order valence-electron chi connectivity index (χ2n) is 4.88. The van der Waals surface area contributed by atoms with Crippen LogP contribution < -0.4 is 15.4 Å². The van der Waals surface area contributed by atoms with Gasteiger partial charge in [0.1, 0.15) is 12.0 Å². The summed E-state index contributed by atoms with van der Waals surface area (Å²) in [5, 5.41) is 10.1. The quantitative estimate of drug-likeness (QED) is 0.851. The Morgan fingerprint density at radius 3 is 2.84 bits per heavy atom. The molecule has 1 fully saturated rings. The van der Waals surface area contributed by atoms with Gasteiger partial charge >= 0.3 is 0 Å². The van der Waals surface area contributed by atoms with E-state index in [9.17, 15) is 5.11 Å². The van der Waals surface area contributed by atoms with Crippen molar-refractivity contribution in [3.8, 4) is 5.88 Å². The summed E-state index contributed by atoms with van der Waals surface area (Å²) >= 11 is 0. The summed E-state index contributed by atoms with van der Waals surface area (Å²) in [5.74, 6) is 1.04. The minimum absolute atomic E-state index is 0.0560. The first-order chi connectivity index (χ1) is 9.15. The fourth-order valence-electron chi connectivity index (χ4n) is 2.60. The van der Waals surface area contributed by atoms with Crippen LogP contribution in [-0.2, 0) is 0 Å². The molecule has 0 spiro atoms. The van der Waals surface area contributed by atoms with Gasteiger partial charge in [-0.15, -0.1) is 0 Å². The van der Waals surface area contributed by atoms with Crippen molar-refractivity contribution in [2.45, 2.75) is 44.8 Å². The number of ether oxygens (including phenoxy) is 1. The van der Waals surface area contributed by atoms with Crippen LogP contribution in [0.3, 0.4) is 0 Å². The molecule has 2 unspecified atom stereocenters. The number of aliphatic hydroxyl groups excluding tert-OH is 1. The average Bonchev–Trinajstić information content (AvgIpc) is 2.41. The molecular formula is C13H22N4O2. The van der Waals surface area contributed by atoms with Crippen molar-refractivity contribution in [1.29, 1.82) is 0 Å². The number of aromatic nitrogens is 2. The van der Waals surface area contributed by atoms with Gasteiger partial charge in [-0.25, -0.2) is 4.98 Å². The minimum atomic E-state index is -0.330. The number of aliphatic hydroxyl groups is 1. The third-order valence-corrected chi connectivity index (χ3v) is 3.63. The van der Waals surface area contributed by atoms with Crippen molar-refractivity contribution < 1.29 is 9.84 Å². The standard InChI is InChI=1S/C13H22N4O2/c1-3-19-13-11(14)12(15-8-16-13)17(2)9-6-4-5-7-10(9)18/h8-10,18H,3-7,14H2,1-2H3. The smallest absolute Gasteiger partial charge is 0.242 e. The molecule has 106 valence electrons. The second kappa shape index (κ2) is 6.06. The Morgan fingerprint density at radius 1 is 1.42 bits per heavy atom. The fraction of sp³-hybridized carbons (Fsp3) is 0.692. The second-order valence-corrected chi connectivity index (χ2v) is 4.88. The van der Waals surface area contributed by atoms with Crippen molar-refractivity contribution in [1.82, 2.24) is 9.97 Å². The van der Waals surface area contributed by atoms with Gasteiger partial charge in [0.05, 0.1) is 18.8 Å². The summed E-state index contributed by atoms with van der Waals surface area (Å²) in [6, 6.07) is 0.0560. The molecule has 0 aliphatic heterocycles.